The lowest BCUT2D eigenvalue weighted by atomic mass is 10.3. The number of amides is 1. The Hall–Kier alpha value is -1.07. The van der Waals surface area contributed by atoms with Crippen molar-refractivity contribution in [2.45, 2.75) is 6.42 Å². The highest BCUT2D eigenvalue weighted by atomic mass is 79.9. The fraction of sp³-hybridized carbons (Fsp3) is 0.300. The van der Waals surface area contributed by atoms with Crippen LogP contribution in [0.2, 0.25) is 0 Å². The van der Waals surface area contributed by atoms with Crippen molar-refractivity contribution in [2.24, 2.45) is 5.73 Å². The van der Waals surface area contributed by atoms with Crippen molar-refractivity contribution >= 4 is 27.5 Å². The molecule has 1 rings (SSSR count). The highest BCUT2D eigenvalue weighted by molar-refractivity contribution is 9.10. The minimum absolute atomic E-state index is 0.0994. The Bertz CT molecular complexity index is 355. The van der Waals surface area contributed by atoms with Crippen LogP contribution in [-0.2, 0) is 4.79 Å². The minimum Gasteiger partial charge on any atom is -0.497 e. The Morgan fingerprint density at radius 3 is 2.87 bits per heavy atom. The monoisotopic (exact) mass is 272 g/mol. The first-order chi connectivity index (χ1) is 7.15. The van der Waals surface area contributed by atoms with Crippen molar-refractivity contribution in [2.75, 3.05) is 19.0 Å². The molecule has 4 nitrogen and oxygen atoms in total. The smallest absolute Gasteiger partial charge is 0.225 e. The lowest BCUT2D eigenvalue weighted by Crippen LogP contribution is -2.16. The summed E-state index contributed by atoms with van der Waals surface area (Å²) in [5.41, 5.74) is 5.97. The number of rotatable bonds is 4. The molecule has 3 N–H and O–H groups in total. The summed E-state index contributed by atoms with van der Waals surface area (Å²) in [4.78, 5) is 11.3. The van der Waals surface area contributed by atoms with Crippen molar-refractivity contribution in [1.29, 1.82) is 0 Å². The van der Waals surface area contributed by atoms with E-state index in [1.165, 1.54) is 0 Å². The maximum Gasteiger partial charge on any atom is 0.225 e. The molecule has 0 unspecified atom stereocenters. The summed E-state index contributed by atoms with van der Waals surface area (Å²) < 4.78 is 5.92. The molecule has 0 aliphatic heterocycles. The normalized spacial score (nSPS) is 9.80. The van der Waals surface area contributed by atoms with Crippen molar-refractivity contribution < 1.29 is 9.53 Å². The number of hydrogen-bond acceptors (Lipinski definition) is 3. The highest BCUT2D eigenvalue weighted by Crippen LogP contribution is 2.24. The summed E-state index contributed by atoms with van der Waals surface area (Å²) in [5, 5.41) is 2.73. The summed E-state index contributed by atoms with van der Waals surface area (Å²) in [5.74, 6) is 0.588. The molecular formula is C10H13BrN2O2. The Kier molecular flexibility index (Phi) is 4.58. The first kappa shape index (κ1) is 12.0. The molecule has 1 aromatic rings. The number of nitrogens with two attached hydrogens (primary N) is 1. The van der Waals surface area contributed by atoms with Crippen LogP contribution in [0.1, 0.15) is 6.42 Å². The Morgan fingerprint density at radius 2 is 2.27 bits per heavy atom. The van der Waals surface area contributed by atoms with Crippen LogP contribution >= 0.6 is 15.9 Å². The van der Waals surface area contributed by atoms with Crippen molar-refractivity contribution in [1.82, 2.24) is 0 Å². The van der Waals surface area contributed by atoms with E-state index in [-0.39, 0.29) is 5.91 Å². The SMILES string of the molecule is COc1cc(Br)cc(NC(=O)CCN)c1. The third-order valence-corrected chi connectivity index (χ3v) is 2.22. The molecule has 0 saturated carbocycles. The van der Waals surface area contributed by atoms with E-state index in [4.69, 9.17) is 10.5 Å². The maximum absolute atomic E-state index is 11.3. The Morgan fingerprint density at radius 1 is 1.53 bits per heavy atom. The van der Waals surface area contributed by atoms with E-state index in [2.05, 4.69) is 21.2 Å². The van der Waals surface area contributed by atoms with E-state index < -0.39 is 0 Å². The molecule has 15 heavy (non-hydrogen) atoms. The van der Waals surface area contributed by atoms with E-state index in [9.17, 15) is 4.79 Å². The van der Waals surface area contributed by atoms with E-state index >= 15 is 0 Å². The van der Waals surface area contributed by atoms with Crippen LogP contribution in [0.15, 0.2) is 22.7 Å². The van der Waals surface area contributed by atoms with Gasteiger partial charge in [-0.2, -0.15) is 0 Å². The largest absolute Gasteiger partial charge is 0.497 e. The summed E-state index contributed by atoms with van der Waals surface area (Å²) in [6.45, 7) is 0.344. The predicted molar refractivity (Wildman–Crippen MR) is 63.0 cm³/mol. The van der Waals surface area contributed by atoms with Gasteiger partial charge in [0.05, 0.1) is 7.11 Å². The van der Waals surface area contributed by atoms with Crippen molar-refractivity contribution in [3.63, 3.8) is 0 Å². The number of carbonyl (C=O) groups excluding carboxylic acids is 1. The van der Waals surface area contributed by atoms with Gasteiger partial charge in [-0.1, -0.05) is 15.9 Å². The number of anilines is 1. The van der Waals surface area contributed by atoms with Gasteiger partial charge in [0.1, 0.15) is 5.75 Å². The zero-order valence-electron chi connectivity index (χ0n) is 8.42. The second-order valence-electron chi connectivity index (χ2n) is 2.97. The fourth-order valence-corrected chi connectivity index (χ4v) is 1.58. The van der Waals surface area contributed by atoms with Crippen LogP contribution in [0.5, 0.6) is 5.75 Å². The zero-order chi connectivity index (χ0) is 11.3. The van der Waals surface area contributed by atoms with Gasteiger partial charge < -0.3 is 15.8 Å². The molecule has 0 atom stereocenters. The number of benzene rings is 1. The van der Waals surface area contributed by atoms with Crippen LogP contribution in [0.25, 0.3) is 0 Å². The molecule has 0 aliphatic carbocycles. The van der Waals surface area contributed by atoms with Gasteiger partial charge in [0.25, 0.3) is 0 Å². The average molecular weight is 273 g/mol. The second kappa shape index (κ2) is 5.72. The number of hydrogen-bond donors (Lipinski definition) is 2. The number of methoxy groups -OCH3 is 1. The van der Waals surface area contributed by atoms with Gasteiger partial charge in [0.2, 0.25) is 5.91 Å². The van der Waals surface area contributed by atoms with Crippen LogP contribution in [0.4, 0.5) is 5.69 Å². The van der Waals surface area contributed by atoms with Gasteiger partial charge in [-0.25, -0.2) is 0 Å². The van der Waals surface area contributed by atoms with Crippen molar-refractivity contribution in [3.05, 3.63) is 22.7 Å². The third-order valence-electron chi connectivity index (χ3n) is 1.76. The molecule has 5 heteroatoms. The highest BCUT2D eigenvalue weighted by Gasteiger charge is 2.03. The summed E-state index contributed by atoms with van der Waals surface area (Å²) in [6, 6.07) is 5.37. The first-order valence-electron chi connectivity index (χ1n) is 4.50. The van der Waals surface area contributed by atoms with Gasteiger partial charge in [-0.3, -0.25) is 4.79 Å². The number of nitrogens with one attached hydrogen (secondary N) is 1. The molecule has 0 fully saturated rings. The molecule has 0 radical (unpaired) electrons. The third kappa shape index (κ3) is 3.89. The van der Waals surface area contributed by atoms with Crippen LogP contribution in [0.3, 0.4) is 0 Å². The molecular weight excluding hydrogens is 260 g/mol. The van der Waals surface area contributed by atoms with Crippen LogP contribution < -0.4 is 15.8 Å². The van der Waals surface area contributed by atoms with E-state index in [1.807, 2.05) is 6.07 Å². The van der Waals surface area contributed by atoms with E-state index in [0.717, 1.165) is 4.47 Å². The first-order valence-corrected chi connectivity index (χ1v) is 5.29. The fourth-order valence-electron chi connectivity index (χ4n) is 1.11. The topological polar surface area (TPSA) is 64.3 Å². The standard InChI is InChI=1S/C10H13BrN2O2/c1-15-9-5-7(11)4-8(6-9)13-10(14)2-3-12/h4-6H,2-3,12H2,1H3,(H,13,14). The summed E-state index contributed by atoms with van der Waals surface area (Å²) in [7, 11) is 1.58. The van der Waals surface area contributed by atoms with Gasteiger partial charge in [0.15, 0.2) is 0 Å². The summed E-state index contributed by atoms with van der Waals surface area (Å²) >= 11 is 3.33. The van der Waals surface area contributed by atoms with Crippen LogP contribution in [0, 0.1) is 0 Å². The number of halogens is 1. The van der Waals surface area contributed by atoms with Gasteiger partial charge >= 0.3 is 0 Å². The van der Waals surface area contributed by atoms with Gasteiger partial charge in [-0.15, -0.1) is 0 Å². The number of ether oxygens (including phenoxy) is 1. The molecule has 0 aromatic heterocycles. The van der Waals surface area contributed by atoms with Gasteiger partial charge in [-0.05, 0) is 12.1 Å². The molecule has 1 amide bonds. The van der Waals surface area contributed by atoms with E-state index in [0.29, 0.717) is 24.4 Å². The Labute approximate surface area is 96.9 Å². The molecule has 82 valence electrons. The quantitative estimate of drug-likeness (QED) is 0.878. The predicted octanol–water partition coefficient (Wildman–Crippen LogP) is 1.74. The van der Waals surface area contributed by atoms with Crippen molar-refractivity contribution in [3.8, 4) is 5.75 Å². The lowest BCUT2D eigenvalue weighted by molar-refractivity contribution is -0.116. The van der Waals surface area contributed by atoms with Gasteiger partial charge in [0, 0.05) is 29.2 Å². The lowest BCUT2D eigenvalue weighted by Gasteiger charge is -2.07. The van der Waals surface area contributed by atoms with Crippen LogP contribution in [-0.4, -0.2) is 19.6 Å². The van der Waals surface area contributed by atoms with E-state index in [1.54, 1.807) is 19.2 Å². The average Bonchev–Trinajstić information content (AvgIpc) is 2.17. The molecule has 0 heterocycles. The second-order valence-corrected chi connectivity index (χ2v) is 3.88. The maximum atomic E-state index is 11.3. The number of carbonyl (C=O) groups is 1. The zero-order valence-corrected chi connectivity index (χ0v) is 10.0. The molecule has 0 bridgehead atoms. The molecule has 0 saturated heterocycles. The molecule has 0 aliphatic rings. The summed E-state index contributed by atoms with van der Waals surface area (Å²) in [6.07, 6.45) is 0.314. The molecule has 0 spiro atoms. The minimum atomic E-state index is -0.0994. The Balaban J connectivity index is 2.76. The molecule has 1 aromatic carbocycles.